The van der Waals surface area contributed by atoms with Gasteiger partial charge in [-0.15, -0.1) is 0 Å². The summed E-state index contributed by atoms with van der Waals surface area (Å²) in [6.07, 6.45) is 5.87. The summed E-state index contributed by atoms with van der Waals surface area (Å²) in [6.45, 7) is 6.16. The van der Waals surface area contributed by atoms with Crippen molar-refractivity contribution in [3.8, 4) is 6.07 Å². The van der Waals surface area contributed by atoms with Crippen LogP contribution < -0.4 is 0 Å². The average Bonchev–Trinajstić information content (AvgIpc) is 2.88. The van der Waals surface area contributed by atoms with Crippen molar-refractivity contribution < 1.29 is 4.79 Å². The van der Waals surface area contributed by atoms with Gasteiger partial charge in [0.15, 0.2) is 0 Å². The SMILES string of the molecule is CC(C)C1CCN(C(=O)C2(C#N)CCCCC2)C1. The molecule has 1 atom stereocenters. The van der Waals surface area contributed by atoms with Gasteiger partial charge in [0.1, 0.15) is 5.41 Å². The van der Waals surface area contributed by atoms with Crippen molar-refractivity contribution in [2.45, 2.75) is 52.4 Å². The average molecular weight is 248 g/mol. The van der Waals surface area contributed by atoms with Crippen LogP contribution >= 0.6 is 0 Å². The van der Waals surface area contributed by atoms with E-state index in [1.54, 1.807) is 0 Å². The van der Waals surface area contributed by atoms with Gasteiger partial charge in [0.05, 0.1) is 6.07 Å². The lowest BCUT2D eigenvalue weighted by atomic mass is 9.74. The number of carbonyl (C=O) groups excluding carboxylic acids is 1. The monoisotopic (exact) mass is 248 g/mol. The number of carbonyl (C=O) groups is 1. The Morgan fingerprint density at radius 1 is 1.33 bits per heavy atom. The van der Waals surface area contributed by atoms with Crippen LogP contribution in [0, 0.1) is 28.6 Å². The summed E-state index contributed by atoms with van der Waals surface area (Å²) >= 11 is 0. The lowest BCUT2D eigenvalue weighted by Crippen LogP contribution is -2.43. The van der Waals surface area contributed by atoms with Crippen LogP contribution in [0.4, 0.5) is 0 Å². The highest BCUT2D eigenvalue weighted by atomic mass is 16.2. The molecule has 0 radical (unpaired) electrons. The molecule has 0 aromatic heterocycles. The minimum Gasteiger partial charge on any atom is -0.341 e. The van der Waals surface area contributed by atoms with Gasteiger partial charge in [0.2, 0.25) is 5.91 Å². The van der Waals surface area contributed by atoms with Crippen molar-refractivity contribution in [2.24, 2.45) is 17.3 Å². The molecule has 1 heterocycles. The van der Waals surface area contributed by atoms with E-state index in [1.807, 2.05) is 4.90 Å². The Labute approximate surface area is 110 Å². The first-order chi connectivity index (χ1) is 8.59. The predicted molar refractivity (Wildman–Crippen MR) is 70.7 cm³/mol. The summed E-state index contributed by atoms with van der Waals surface area (Å²) in [7, 11) is 0. The molecule has 3 heteroatoms. The van der Waals surface area contributed by atoms with Gasteiger partial charge < -0.3 is 4.90 Å². The Balaban J connectivity index is 2.05. The highest BCUT2D eigenvalue weighted by Crippen LogP contribution is 2.39. The van der Waals surface area contributed by atoms with Crippen molar-refractivity contribution in [3.63, 3.8) is 0 Å². The number of likely N-dealkylation sites (tertiary alicyclic amines) is 1. The highest BCUT2D eigenvalue weighted by Gasteiger charge is 2.44. The van der Waals surface area contributed by atoms with Crippen molar-refractivity contribution in [1.29, 1.82) is 5.26 Å². The summed E-state index contributed by atoms with van der Waals surface area (Å²) in [5.41, 5.74) is -0.690. The van der Waals surface area contributed by atoms with E-state index in [0.29, 0.717) is 11.8 Å². The first kappa shape index (κ1) is 13.4. The minimum atomic E-state index is -0.690. The fourth-order valence-electron chi connectivity index (χ4n) is 3.35. The normalized spacial score (nSPS) is 27.2. The van der Waals surface area contributed by atoms with E-state index >= 15 is 0 Å². The number of amides is 1. The molecule has 0 spiro atoms. The van der Waals surface area contributed by atoms with Gasteiger partial charge >= 0.3 is 0 Å². The van der Waals surface area contributed by atoms with Gasteiger partial charge in [-0.25, -0.2) is 0 Å². The van der Waals surface area contributed by atoms with Crippen LogP contribution in [-0.4, -0.2) is 23.9 Å². The molecule has 3 nitrogen and oxygen atoms in total. The molecule has 0 aromatic carbocycles. The molecule has 1 saturated carbocycles. The Bertz CT molecular complexity index is 350. The third kappa shape index (κ3) is 2.39. The molecule has 2 aliphatic rings. The summed E-state index contributed by atoms with van der Waals surface area (Å²) in [5.74, 6) is 1.37. The highest BCUT2D eigenvalue weighted by molar-refractivity contribution is 5.85. The molecule has 100 valence electrons. The van der Waals surface area contributed by atoms with E-state index < -0.39 is 5.41 Å². The smallest absolute Gasteiger partial charge is 0.243 e. The molecule has 18 heavy (non-hydrogen) atoms. The van der Waals surface area contributed by atoms with Crippen molar-refractivity contribution in [1.82, 2.24) is 4.90 Å². The summed E-state index contributed by atoms with van der Waals surface area (Å²) in [5, 5.41) is 9.45. The predicted octanol–water partition coefficient (Wildman–Crippen LogP) is 2.96. The van der Waals surface area contributed by atoms with E-state index in [1.165, 1.54) is 6.42 Å². The largest absolute Gasteiger partial charge is 0.341 e. The van der Waals surface area contributed by atoms with Crippen LogP contribution in [0.15, 0.2) is 0 Å². The lowest BCUT2D eigenvalue weighted by Gasteiger charge is -2.33. The van der Waals surface area contributed by atoms with Gasteiger partial charge in [0.25, 0.3) is 0 Å². The zero-order valence-corrected chi connectivity index (χ0v) is 11.6. The third-order valence-electron chi connectivity index (χ3n) is 4.79. The topological polar surface area (TPSA) is 44.1 Å². The van der Waals surface area contributed by atoms with Crippen LogP contribution in [0.5, 0.6) is 0 Å². The van der Waals surface area contributed by atoms with E-state index in [4.69, 9.17) is 0 Å². The molecule has 1 aliphatic carbocycles. The van der Waals surface area contributed by atoms with Crippen LogP contribution in [0.2, 0.25) is 0 Å². The molecule has 2 rings (SSSR count). The van der Waals surface area contributed by atoms with Crippen molar-refractivity contribution in [3.05, 3.63) is 0 Å². The first-order valence-corrected chi connectivity index (χ1v) is 7.30. The van der Waals surface area contributed by atoms with E-state index in [2.05, 4.69) is 19.9 Å². The molecule has 0 N–H and O–H groups in total. The van der Waals surface area contributed by atoms with E-state index in [-0.39, 0.29) is 5.91 Å². The number of hydrogen-bond acceptors (Lipinski definition) is 2. The van der Waals surface area contributed by atoms with E-state index in [9.17, 15) is 10.1 Å². The number of hydrogen-bond donors (Lipinski definition) is 0. The maximum atomic E-state index is 12.6. The fraction of sp³-hybridized carbons (Fsp3) is 0.867. The van der Waals surface area contributed by atoms with Gasteiger partial charge in [-0.05, 0) is 31.1 Å². The van der Waals surface area contributed by atoms with Gasteiger partial charge in [-0.3, -0.25) is 4.79 Å². The Hall–Kier alpha value is -1.04. The summed E-state index contributed by atoms with van der Waals surface area (Å²) < 4.78 is 0. The Kier molecular flexibility index (Phi) is 3.94. The van der Waals surface area contributed by atoms with Crippen LogP contribution in [0.25, 0.3) is 0 Å². The molecule has 0 aromatic rings. The molecule has 1 amide bonds. The number of rotatable bonds is 2. The molecular formula is C15H24N2O. The zero-order chi connectivity index (χ0) is 13.2. The van der Waals surface area contributed by atoms with Crippen molar-refractivity contribution >= 4 is 5.91 Å². The second kappa shape index (κ2) is 5.30. The molecule has 1 aliphatic heterocycles. The molecular weight excluding hydrogens is 224 g/mol. The van der Waals surface area contributed by atoms with Gasteiger partial charge in [-0.1, -0.05) is 33.1 Å². The third-order valence-corrected chi connectivity index (χ3v) is 4.79. The second-order valence-electron chi connectivity index (χ2n) is 6.30. The van der Waals surface area contributed by atoms with Crippen LogP contribution in [-0.2, 0) is 4.79 Å². The van der Waals surface area contributed by atoms with Gasteiger partial charge in [0, 0.05) is 13.1 Å². The van der Waals surface area contributed by atoms with Gasteiger partial charge in [-0.2, -0.15) is 5.26 Å². The molecule has 0 bridgehead atoms. The maximum absolute atomic E-state index is 12.6. The summed E-state index contributed by atoms with van der Waals surface area (Å²) in [4.78, 5) is 14.6. The van der Waals surface area contributed by atoms with Crippen molar-refractivity contribution in [2.75, 3.05) is 13.1 Å². The van der Waals surface area contributed by atoms with Crippen LogP contribution in [0.1, 0.15) is 52.4 Å². The minimum absolute atomic E-state index is 0.118. The molecule has 1 saturated heterocycles. The first-order valence-electron chi connectivity index (χ1n) is 7.30. The number of nitriles is 1. The van der Waals surface area contributed by atoms with E-state index in [0.717, 1.165) is 45.2 Å². The standard InChI is InChI=1S/C15H24N2O/c1-12(2)13-6-9-17(10-13)14(18)15(11-16)7-4-3-5-8-15/h12-13H,3-10H2,1-2H3. The lowest BCUT2D eigenvalue weighted by molar-refractivity contribution is -0.139. The quantitative estimate of drug-likeness (QED) is 0.754. The second-order valence-corrected chi connectivity index (χ2v) is 6.30. The zero-order valence-electron chi connectivity index (χ0n) is 11.6. The molecule has 1 unspecified atom stereocenters. The number of nitrogens with zero attached hydrogens (tertiary/aromatic N) is 2. The molecule has 2 fully saturated rings. The fourth-order valence-corrected chi connectivity index (χ4v) is 3.35. The Morgan fingerprint density at radius 3 is 2.50 bits per heavy atom. The van der Waals surface area contributed by atoms with Crippen LogP contribution in [0.3, 0.4) is 0 Å². The Morgan fingerprint density at radius 2 is 2.00 bits per heavy atom. The maximum Gasteiger partial charge on any atom is 0.243 e. The summed E-state index contributed by atoms with van der Waals surface area (Å²) in [6, 6.07) is 2.35.